The summed E-state index contributed by atoms with van der Waals surface area (Å²) in [7, 11) is -3.17. The van der Waals surface area contributed by atoms with Crippen molar-refractivity contribution >= 4 is 33.1 Å². The Bertz CT molecular complexity index is 1240. The second kappa shape index (κ2) is 8.69. The van der Waals surface area contributed by atoms with Crippen molar-refractivity contribution in [2.75, 3.05) is 16.8 Å². The number of carbonyl (C=O) groups is 2. The number of fused-ring (bicyclic) bond motifs is 1. The molecule has 10 nitrogen and oxygen atoms in total. The average molecular weight is 471 g/mol. The molecule has 2 aromatic rings. The van der Waals surface area contributed by atoms with E-state index in [1.54, 1.807) is 6.07 Å². The van der Waals surface area contributed by atoms with Gasteiger partial charge in [0.05, 0.1) is 17.5 Å². The lowest BCUT2D eigenvalue weighted by Gasteiger charge is -2.27. The zero-order valence-electron chi connectivity index (χ0n) is 18.2. The van der Waals surface area contributed by atoms with E-state index in [1.165, 1.54) is 11.4 Å². The standard InChI is InChI=1S/C22H26N6O4S/c29-20-9-8-18(26-28(20)17-10-12-33(31,32)14-17)22(30)23-16-6-4-5-15(13-16)21-25-24-19-7-2-1-3-11-27(19)21/h4-6,13,17H,1-3,7-12,14H2,(H,23,30). The number of nitrogens with zero attached hydrogens (tertiary/aromatic N) is 5. The van der Waals surface area contributed by atoms with Crippen LogP contribution in [0, 0.1) is 0 Å². The van der Waals surface area contributed by atoms with Gasteiger partial charge in [-0.3, -0.25) is 9.59 Å². The molecule has 1 N–H and O–H groups in total. The monoisotopic (exact) mass is 470 g/mol. The van der Waals surface area contributed by atoms with Crippen LogP contribution in [0.5, 0.6) is 0 Å². The van der Waals surface area contributed by atoms with Gasteiger partial charge in [0.2, 0.25) is 5.91 Å². The fourth-order valence-corrected chi connectivity index (χ4v) is 6.32. The van der Waals surface area contributed by atoms with Crippen molar-refractivity contribution in [2.24, 2.45) is 5.10 Å². The minimum atomic E-state index is -3.17. The summed E-state index contributed by atoms with van der Waals surface area (Å²) in [5, 5.41) is 17.0. The molecule has 0 aliphatic carbocycles. The Kier molecular flexibility index (Phi) is 5.73. The molecular formula is C22H26N6O4S. The summed E-state index contributed by atoms with van der Waals surface area (Å²) in [6.07, 6.45) is 4.99. The first-order chi connectivity index (χ1) is 15.9. The molecule has 3 aliphatic rings. The molecule has 11 heteroatoms. The molecule has 2 amide bonds. The van der Waals surface area contributed by atoms with E-state index < -0.39 is 21.8 Å². The number of nitrogens with one attached hydrogen (secondary N) is 1. The number of hydrogen-bond donors (Lipinski definition) is 1. The number of amides is 2. The van der Waals surface area contributed by atoms with Crippen molar-refractivity contribution < 1.29 is 18.0 Å². The topological polar surface area (TPSA) is 127 Å². The Labute approximate surface area is 192 Å². The summed E-state index contributed by atoms with van der Waals surface area (Å²) in [5.41, 5.74) is 1.69. The number of anilines is 1. The Morgan fingerprint density at radius 1 is 1.09 bits per heavy atom. The quantitative estimate of drug-likeness (QED) is 0.726. The lowest BCUT2D eigenvalue weighted by Crippen LogP contribution is -2.42. The number of hydrazone groups is 1. The van der Waals surface area contributed by atoms with E-state index in [0.29, 0.717) is 12.1 Å². The van der Waals surface area contributed by atoms with Gasteiger partial charge in [0.1, 0.15) is 11.5 Å². The van der Waals surface area contributed by atoms with Crippen LogP contribution in [0.2, 0.25) is 0 Å². The van der Waals surface area contributed by atoms with Crippen molar-refractivity contribution in [1.82, 2.24) is 19.8 Å². The van der Waals surface area contributed by atoms with Crippen molar-refractivity contribution in [3.63, 3.8) is 0 Å². The van der Waals surface area contributed by atoms with E-state index in [0.717, 1.165) is 43.0 Å². The summed E-state index contributed by atoms with van der Waals surface area (Å²) in [4.78, 5) is 25.2. The van der Waals surface area contributed by atoms with Crippen LogP contribution >= 0.6 is 0 Å². The molecular weight excluding hydrogens is 444 g/mol. The van der Waals surface area contributed by atoms with Crippen LogP contribution in [-0.4, -0.2) is 63.3 Å². The Morgan fingerprint density at radius 2 is 1.97 bits per heavy atom. The van der Waals surface area contributed by atoms with Crippen molar-refractivity contribution in [1.29, 1.82) is 0 Å². The maximum absolute atomic E-state index is 12.9. The van der Waals surface area contributed by atoms with E-state index in [-0.39, 0.29) is 36.0 Å². The van der Waals surface area contributed by atoms with Gasteiger partial charge in [0.25, 0.3) is 5.91 Å². The predicted octanol–water partition coefficient (Wildman–Crippen LogP) is 1.78. The van der Waals surface area contributed by atoms with Crippen molar-refractivity contribution in [3.05, 3.63) is 30.1 Å². The Balaban J connectivity index is 1.34. The molecule has 0 saturated carbocycles. The highest BCUT2D eigenvalue weighted by Gasteiger charge is 2.37. The van der Waals surface area contributed by atoms with Crippen LogP contribution in [0.25, 0.3) is 11.4 Å². The molecule has 1 atom stereocenters. The first-order valence-corrected chi connectivity index (χ1v) is 13.2. The first-order valence-electron chi connectivity index (χ1n) is 11.3. The van der Waals surface area contributed by atoms with E-state index in [9.17, 15) is 18.0 Å². The first kappa shape index (κ1) is 21.7. The van der Waals surface area contributed by atoms with Crippen LogP contribution in [0.15, 0.2) is 29.4 Å². The number of hydrogen-bond acceptors (Lipinski definition) is 7. The molecule has 0 radical (unpaired) electrons. The highest BCUT2D eigenvalue weighted by Crippen LogP contribution is 2.26. The summed E-state index contributed by atoms with van der Waals surface area (Å²) in [6, 6.07) is 6.94. The van der Waals surface area contributed by atoms with E-state index >= 15 is 0 Å². The fraction of sp³-hybridized carbons (Fsp3) is 0.500. The van der Waals surface area contributed by atoms with Crippen molar-refractivity contribution in [2.45, 2.75) is 57.5 Å². The third-order valence-corrected chi connectivity index (χ3v) is 8.11. The van der Waals surface area contributed by atoms with Gasteiger partial charge < -0.3 is 9.88 Å². The molecule has 0 bridgehead atoms. The minimum Gasteiger partial charge on any atom is -0.321 e. The molecule has 3 aliphatic heterocycles. The van der Waals surface area contributed by atoms with Gasteiger partial charge in [-0.25, -0.2) is 13.4 Å². The minimum absolute atomic E-state index is 0.0393. The normalized spacial score (nSPS) is 22.4. The van der Waals surface area contributed by atoms with E-state index in [1.807, 2.05) is 18.2 Å². The number of carbonyl (C=O) groups excluding carboxylic acids is 2. The number of sulfone groups is 1. The smallest absolute Gasteiger partial charge is 0.271 e. The molecule has 5 rings (SSSR count). The lowest BCUT2D eigenvalue weighted by atomic mass is 10.1. The predicted molar refractivity (Wildman–Crippen MR) is 122 cm³/mol. The number of aryl methyl sites for hydroxylation is 1. The van der Waals surface area contributed by atoms with Crippen LogP contribution in [0.1, 0.15) is 44.3 Å². The Morgan fingerprint density at radius 3 is 2.79 bits per heavy atom. The highest BCUT2D eigenvalue weighted by atomic mass is 32.2. The summed E-state index contributed by atoms with van der Waals surface area (Å²) in [6.45, 7) is 0.881. The van der Waals surface area contributed by atoms with E-state index in [4.69, 9.17) is 0 Å². The highest BCUT2D eigenvalue weighted by molar-refractivity contribution is 7.91. The zero-order valence-corrected chi connectivity index (χ0v) is 19.1. The number of aromatic nitrogens is 3. The van der Waals surface area contributed by atoms with Gasteiger partial charge in [-0.05, 0) is 31.4 Å². The van der Waals surface area contributed by atoms with Crippen LogP contribution in [0.3, 0.4) is 0 Å². The zero-order chi connectivity index (χ0) is 23.0. The molecule has 1 aromatic heterocycles. The van der Waals surface area contributed by atoms with Crippen molar-refractivity contribution in [3.8, 4) is 11.4 Å². The summed E-state index contributed by atoms with van der Waals surface area (Å²) in [5.74, 6) is 1.07. The average Bonchev–Trinajstić information content (AvgIpc) is 3.28. The van der Waals surface area contributed by atoms with Gasteiger partial charge >= 0.3 is 0 Å². The largest absolute Gasteiger partial charge is 0.321 e. The molecule has 0 spiro atoms. The summed E-state index contributed by atoms with van der Waals surface area (Å²) < 4.78 is 25.8. The molecule has 1 aromatic carbocycles. The van der Waals surface area contributed by atoms with Gasteiger partial charge in [0.15, 0.2) is 15.7 Å². The molecule has 4 heterocycles. The SMILES string of the molecule is O=C(Nc1cccc(-c2nnc3n2CCCCC3)c1)C1=NN(C2CCS(=O)(=O)C2)C(=O)CC1. The molecule has 33 heavy (non-hydrogen) atoms. The van der Waals surface area contributed by atoms with Crippen LogP contribution in [0.4, 0.5) is 5.69 Å². The second-order valence-corrected chi connectivity index (χ2v) is 11.0. The summed E-state index contributed by atoms with van der Waals surface area (Å²) >= 11 is 0. The van der Waals surface area contributed by atoms with Crippen LogP contribution < -0.4 is 5.32 Å². The molecule has 1 unspecified atom stereocenters. The third-order valence-electron chi connectivity index (χ3n) is 6.36. The molecule has 1 saturated heterocycles. The van der Waals surface area contributed by atoms with Gasteiger partial charge in [-0.2, -0.15) is 5.10 Å². The fourth-order valence-electron chi connectivity index (χ4n) is 4.63. The van der Waals surface area contributed by atoms with E-state index in [2.05, 4.69) is 25.2 Å². The van der Waals surface area contributed by atoms with Gasteiger partial charge in [0, 0.05) is 37.1 Å². The number of rotatable bonds is 4. The molecule has 1 fully saturated rings. The maximum Gasteiger partial charge on any atom is 0.271 e. The van der Waals surface area contributed by atoms with Crippen LogP contribution in [-0.2, 0) is 32.4 Å². The molecule has 174 valence electrons. The maximum atomic E-state index is 12.9. The second-order valence-electron chi connectivity index (χ2n) is 8.78. The number of benzene rings is 1. The third kappa shape index (κ3) is 4.54. The van der Waals surface area contributed by atoms with Gasteiger partial charge in [-0.1, -0.05) is 18.6 Å². The van der Waals surface area contributed by atoms with Gasteiger partial charge in [-0.15, -0.1) is 10.2 Å². The lowest BCUT2D eigenvalue weighted by molar-refractivity contribution is -0.133. The Hall–Kier alpha value is -3.08.